The Labute approximate surface area is 115 Å². The minimum absolute atomic E-state index is 0.256. The zero-order valence-corrected chi connectivity index (χ0v) is 12.1. The van der Waals surface area contributed by atoms with E-state index in [0.717, 1.165) is 23.5 Å². The van der Waals surface area contributed by atoms with Gasteiger partial charge in [0.1, 0.15) is 5.82 Å². The molecule has 1 nitrogen and oxygen atoms in total. The minimum Gasteiger partial charge on any atom is -0.388 e. The molecule has 1 unspecified atom stereocenters. The second-order valence-corrected chi connectivity index (χ2v) is 6.07. The van der Waals surface area contributed by atoms with Gasteiger partial charge in [-0.15, -0.1) is 0 Å². The summed E-state index contributed by atoms with van der Waals surface area (Å²) in [4.78, 5) is 0. The van der Waals surface area contributed by atoms with Gasteiger partial charge in [-0.1, -0.05) is 38.2 Å². The molecule has 1 saturated carbocycles. The van der Waals surface area contributed by atoms with E-state index in [2.05, 4.69) is 0 Å². The number of hydrogen-bond donors (Lipinski definition) is 1. The van der Waals surface area contributed by atoms with E-state index < -0.39 is 6.10 Å². The molecule has 1 fully saturated rings. The van der Waals surface area contributed by atoms with Crippen LogP contribution in [-0.4, -0.2) is 5.11 Å². The van der Waals surface area contributed by atoms with Gasteiger partial charge in [0.05, 0.1) is 6.10 Å². The molecule has 0 heterocycles. The number of hydrogen-bond acceptors (Lipinski definition) is 1. The molecule has 0 aliphatic heterocycles. The maximum Gasteiger partial charge on any atom is 0.129 e. The minimum atomic E-state index is -0.650. The summed E-state index contributed by atoms with van der Waals surface area (Å²) in [5.41, 5.74) is 2.29. The van der Waals surface area contributed by atoms with Crippen molar-refractivity contribution in [1.29, 1.82) is 0 Å². The lowest BCUT2D eigenvalue weighted by Gasteiger charge is -2.23. The highest BCUT2D eigenvalue weighted by atomic mass is 19.1. The van der Waals surface area contributed by atoms with Gasteiger partial charge >= 0.3 is 0 Å². The molecule has 19 heavy (non-hydrogen) atoms. The molecule has 0 aromatic heterocycles. The Hall–Kier alpha value is -0.890. The van der Waals surface area contributed by atoms with Crippen LogP contribution < -0.4 is 0 Å². The number of benzene rings is 1. The van der Waals surface area contributed by atoms with E-state index in [1.54, 1.807) is 0 Å². The molecule has 0 amide bonds. The van der Waals surface area contributed by atoms with Crippen LogP contribution in [0.2, 0.25) is 0 Å². The first-order valence-corrected chi connectivity index (χ1v) is 7.52. The topological polar surface area (TPSA) is 20.2 Å². The quantitative estimate of drug-likeness (QED) is 0.825. The van der Waals surface area contributed by atoms with Crippen molar-refractivity contribution in [2.45, 2.75) is 64.9 Å². The molecular weight excluding hydrogens is 239 g/mol. The van der Waals surface area contributed by atoms with E-state index >= 15 is 0 Å². The Morgan fingerprint density at radius 1 is 1.21 bits per heavy atom. The van der Waals surface area contributed by atoms with Crippen LogP contribution in [0.4, 0.5) is 4.39 Å². The maximum atomic E-state index is 14.0. The van der Waals surface area contributed by atoms with E-state index in [9.17, 15) is 9.50 Å². The molecule has 0 spiro atoms. The predicted octanol–water partition coefficient (Wildman–Crippen LogP) is 4.84. The second-order valence-electron chi connectivity index (χ2n) is 6.07. The van der Waals surface area contributed by atoms with E-state index in [1.807, 2.05) is 19.9 Å². The Bertz CT molecular complexity index is 398. The molecule has 0 saturated heterocycles. The Morgan fingerprint density at radius 2 is 1.89 bits per heavy atom. The molecule has 1 aromatic rings. The van der Waals surface area contributed by atoms with Crippen LogP contribution in [0.5, 0.6) is 0 Å². The van der Waals surface area contributed by atoms with Crippen molar-refractivity contribution in [3.05, 3.63) is 34.6 Å². The van der Waals surface area contributed by atoms with Crippen molar-refractivity contribution in [3.8, 4) is 0 Å². The van der Waals surface area contributed by atoms with E-state index in [0.29, 0.717) is 12.0 Å². The van der Waals surface area contributed by atoms with E-state index in [-0.39, 0.29) is 5.82 Å². The number of aryl methyl sites for hydroxylation is 2. The van der Waals surface area contributed by atoms with E-state index in [1.165, 1.54) is 38.2 Å². The molecule has 2 heteroatoms. The van der Waals surface area contributed by atoms with Gasteiger partial charge in [-0.2, -0.15) is 0 Å². The third kappa shape index (κ3) is 3.79. The molecule has 1 N–H and O–H groups in total. The molecule has 0 bridgehead atoms. The van der Waals surface area contributed by atoms with Gasteiger partial charge in [0, 0.05) is 5.56 Å². The smallest absolute Gasteiger partial charge is 0.129 e. The zero-order valence-electron chi connectivity index (χ0n) is 12.1. The highest BCUT2D eigenvalue weighted by Gasteiger charge is 2.19. The summed E-state index contributed by atoms with van der Waals surface area (Å²) in [6.45, 7) is 3.77. The summed E-state index contributed by atoms with van der Waals surface area (Å²) in [6, 6.07) is 3.47. The summed E-state index contributed by atoms with van der Waals surface area (Å²) in [5.74, 6) is 0.478. The van der Waals surface area contributed by atoms with Gasteiger partial charge in [-0.3, -0.25) is 0 Å². The van der Waals surface area contributed by atoms with Crippen LogP contribution >= 0.6 is 0 Å². The number of aliphatic hydroxyl groups excluding tert-OH is 1. The van der Waals surface area contributed by atoms with Crippen LogP contribution in [0.15, 0.2) is 12.1 Å². The van der Waals surface area contributed by atoms with Gasteiger partial charge < -0.3 is 5.11 Å². The van der Waals surface area contributed by atoms with Gasteiger partial charge in [-0.25, -0.2) is 4.39 Å². The normalized spacial score (nSPS) is 18.5. The first-order chi connectivity index (χ1) is 9.08. The fraction of sp³-hybridized carbons (Fsp3) is 0.647. The molecule has 106 valence electrons. The molecule has 1 aromatic carbocycles. The lowest BCUT2D eigenvalue weighted by Crippen LogP contribution is -2.10. The average molecular weight is 264 g/mol. The summed E-state index contributed by atoms with van der Waals surface area (Å²) in [7, 11) is 0. The summed E-state index contributed by atoms with van der Waals surface area (Å²) in [6.07, 6.45) is 7.61. The first-order valence-electron chi connectivity index (χ1n) is 7.52. The van der Waals surface area contributed by atoms with Crippen molar-refractivity contribution in [1.82, 2.24) is 0 Å². The van der Waals surface area contributed by atoms with Crippen molar-refractivity contribution in [3.63, 3.8) is 0 Å². The Balaban J connectivity index is 1.97. The summed E-state index contributed by atoms with van der Waals surface area (Å²) >= 11 is 0. The lowest BCUT2D eigenvalue weighted by atomic mass is 9.84. The van der Waals surface area contributed by atoms with Crippen molar-refractivity contribution < 1.29 is 9.50 Å². The molecule has 1 aliphatic carbocycles. The summed E-state index contributed by atoms with van der Waals surface area (Å²) in [5, 5.41) is 10.3. The maximum absolute atomic E-state index is 14.0. The number of halogens is 1. The fourth-order valence-corrected chi connectivity index (χ4v) is 3.36. The van der Waals surface area contributed by atoms with E-state index in [4.69, 9.17) is 0 Å². The van der Waals surface area contributed by atoms with Crippen molar-refractivity contribution >= 4 is 0 Å². The molecule has 1 aliphatic rings. The Kier molecular flexibility index (Phi) is 4.98. The number of rotatable bonds is 4. The van der Waals surface area contributed by atoms with Crippen LogP contribution in [0.25, 0.3) is 0 Å². The molecule has 0 radical (unpaired) electrons. The zero-order chi connectivity index (χ0) is 13.8. The second kappa shape index (κ2) is 6.51. The SMILES string of the molecule is Cc1cc(C)c(C(O)CCC2CCCCC2)c(F)c1. The number of aliphatic hydroxyl groups is 1. The molecule has 2 rings (SSSR count). The lowest BCUT2D eigenvalue weighted by molar-refractivity contribution is 0.146. The Morgan fingerprint density at radius 3 is 2.53 bits per heavy atom. The standard InChI is InChI=1S/C17H25FO/c1-12-10-13(2)17(15(18)11-12)16(19)9-8-14-6-4-3-5-7-14/h10-11,14,16,19H,3-9H2,1-2H3. The third-order valence-corrected chi connectivity index (χ3v) is 4.39. The van der Waals surface area contributed by atoms with Crippen LogP contribution in [0.1, 0.15) is 67.7 Å². The molecular formula is C17H25FO. The highest BCUT2D eigenvalue weighted by molar-refractivity contribution is 5.33. The van der Waals surface area contributed by atoms with Crippen molar-refractivity contribution in [2.24, 2.45) is 5.92 Å². The van der Waals surface area contributed by atoms with Gasteiger partial charge in [0.25, 0.3) is 0 Å². The fourth-order valence-electron chi connectivity index (χ4n) is 3.36. The monoisotopic (exact) mass is 264 g/mol. The van der Waals surface area contributed by atoms with Crippen molar-refractivity contribution in [2.75, 3.05) is 0 Å². The molecule has 1 atom stereocenters. The third-order valence-electron chi connectivity index (χ3n) is 4.39. The van der Waals surface area contributed by atoms with Crippen LogP contribution in [0, 0.1) is 25.6 Å². The van der Waals surface area contributed by atoms with Gasteiger partial charge in [0.2, 0.25) is 0 Å². The first kappa shape index (κ1) is 14.5. The predicted molar refractivity (Wildman–Crippen MR) is 76.6 cm³/mol. The average Bonchev–Trinajstić information content (AvgIpc) is 2.36. The van der Waals surface area contributed by atoms with Gasteiger partial charge in [-0.05, 0) is 49.8 Å². The largest absolute Gasteiger partial charge is 0.388 e. The van der Waals surface area contributed by atoms with Crippen LogP contribution in [-0.2, 0) is 0 Å². The summed E-state index contributed by atoms with van der Waals surface area (Å²) < 4.78 is 14.0. The van der Waals surface area contributed by atoms with Gasteiger partial charge in [0.15, 0.2) is 0 Å². The highest BCUT2D eigenvalue weighted by Crippen LogP contribution is 2.32. The van der Waals surface area contributed by atoms with Crippen LogP contribution in [0.3, 0.4) is 0 Å².